The Labute approximate surface area is 217 Å². The van der Waals surface area contributed by atoms with Crippen molar-refractivity contribution in [1.29, 1.82) is 0 Å². The van der Waals surface area contributed by atoms with Crippen LogP contribution in [0.25, 0.3) is 6.08 Å². The predicted molar refractivity (Wildman–Crippen MR) is 139 cm³/mol. The van der Waals surface area contributed by atoms with Crippen LogP contribution in [0.2, 0.25) is 0 Å². The summed E-state index contributed by atoms with van der Waals surface area (Å²) in [7, 11) is 0. The molecule has 2 aliphatic rings. The van der Waals surface area contributed by atoms with Gasteiger partial charge in [-0.15, -0.1) is 0 Å². The Morgan fingerprint density at radius 2 is 1.59 bits per heavy atom. The molecular weight excluding hydrogens is 496 g/mol. The largest absolute Gasteiger partial charge is 0.368 e. The molecule has 37 heavy (non-hydrogen) atoms. The third kappa shape index (κ3) is 5.56. The van der Waals surface area contributed by atoms with E-state index in [1.54, 1.807) is 53.4 Å². The Morgan fingerprint density at radius 1 is 0.865 bits per heavy atom. The summed E-state index contributed by atoms with van der Waals surface area (Å²) >= 11 is 0.822. The average Bonchev–Trinajstić information content (AvgIpc) is 3.16. The van der Waals surface area contributed by atoms with Crippen LogP contribution in [0.4, 0.5) is 19.3 Å². The second-order valence-corrected chi connectivity index (χ2v) is 9.77. The van der Waals surface area contributed by atoms with E-state index in [2.05, 4.69) is 4.90 Å². The first-order chi connectivity index (χ1) is 17.9. The molecule has 0 bridgehead atoms. The molecule has 2 heterocycles. The summed E-state index contributed by atoms with van der Waals surface area (Å²) in [6.45, 7) is 2.31. The third-order valence-electron chi connectivity index (χ3n) is 6.29. The van der Waals surface area contributed by atoms with Gasteiger partial charge in [0.25, 0.3) is 17.1 Å². The molecular formula is C28H23F2N3O3S. The summed E-state index contributed by atoms with van der Waals surface area (Å²) < 4.78 is 26.7. The SMILES string of the molecule is O=C(c1cccc(/C=C2\SC(=O)N(Cc3cccc(F)c3)C2=O)c1)N1CCN(c2ccc(F)cc2)CC1. The van der Waals surface area contributed by atoms with Gasteiger partial charge < -0.3 is 9.80 Å². The van der Waals surface area contributed by atoms with E-state index in [1.165, 1.54) is 30.3 Å². The summed E-state index contributed by atoms with van der Waals surface area (Å²) in [5.74, 6) is -1.28. The van der Waals surface area contributed by atoms with E-state index in [4.69, 9.17) is 0 Å². The number of halogens is 2. The van der Waals surface area contributed by atoms with Crippen molar-refractivity contribution < 1.29 is 23.2 Å². The minimum absolute atomic E-state index is 0.0117. The maximum Gasteiger partial charge on any atom is 0.293 e. The number of imide groups is 1. The highest BCUT2D eigenvalue weighted by atomic mass is 32.2. The van der Waals surface area contributed by atoms with Gasteiger partial charge in [-0.2, -0.15) is 0 Å². The number of amides is 3. The summed E-state index contributed by atoms with van der Waals surface area (Å²) in [5, 5.41) is -0.424. The van der Waals surface area contributed by atoms with E-state index in [9.17, 15) is 23.2 Å². The lowest BCUT2D eigenvalue weighted by atomic mass is 10.1. The molecule has 2 saturated heterocycles. The van der Waals surface area contributed by atoms with Crippen molar-refractivity contribution in [2.45, 2.75) is 6.54 Å². The van der Waals surface area contributed by atoms with E-state index in [1.807, 2.05) is 0 Å². The zero-order valence-electron chi connectivity index (χ0n) is 19.8. The number of nitrogens with zero attached hydrogens (tertiary/aromatic N) is 3. The van der Waals surface area contributed by atoms with Gasteiger partial charge in [-0.3, -0.25) is 19.3 Å². The van der Waals surface area contributed by atoms with Crippen molar-refractivity contribution >= 4 is 40.6 Å². The molecule has 0 aromatic heterocycles. The van der Waals surface area contributed by atoms with Crippen LogP contribution in [0.3, 0.4) is 0 Å². The van der Waals surface area contributed by atoms with Crippen LogP contribution in [-0.4, -0.2) is 53.0 Å². The average molecular weight is 520 g/mol. The van der Waals surface area contributed by atoms with Gasteiger partial charge in [0.15, 0.2) is 0 Å². The van der Waals surface area contributed by atoms with Crippen molar-refractivity contribution in [3.05, 3.63) is 106 Å². The molecule has 9 heteroatoms. The standard InChI is InChI=1S/C28H23F2N3O3S/c29-22-7-9-24(10-8-22)31-11-13-32(14-12-31)26(34)21-5-1-3-19(15-21)17-25-27(35)33(28(36)37-25)18-20-4-2-6-23(30)16-20/h1-10,15-17H,11-14,18H2/b25-17-. The lowest BCUT2D eigenvalue weighted by molar-refractivity contribution is -0.123. The van der Waals surface area contributed by atoms with Crippen molar-refractivity contribution in [3.8, 4) is 0 Å². The molecule has 0 unspecified atom stereocenters. The Balaban J connectivity index is 1.25. The zero-order valence-corrected chi connectivity index (χ0v) is 20.6. The number of piperazine rings is 1. The van der Waals surface area contributed by atoms with Crippen LogP contribution in [0, 0.1) is 11.6 Å². The number of benzene rings is 3. The lowest BCUT2D eigenvalue weighted by Crippen LogP contribution is -2.48. The summed E-state index contributed by atoms with van der Waals surface area (Å²) in [6.07, 6.45) is 1.60. The van der Waals surface area contributed by atoms with E-state index >= 15 is 0 Å². The fourth-order valence-electron chi connectivity index (χ4n) is 4.37. The molecule has 0 saturated carbocycles. The van der Waals surface area contributed by atoms with Gasteiger partial charge >= 0.3 is 0 Å². The third-order valence-corrected chi connectivity index (χ3v) is 7.20. The van der Waals surface area contributed by atoms with Crippen LogP contribution in [0.1, 0.15) is 21.5 Å². The van der Waals surface area contributed by atoms with Crippen LogP contribution in [-0.2, 0) is 11.3 Å². The first-order valence-corrected chi connectivity index (χ1v) is 12.6. The first-order valence-electron chi connectivity index (χ1n) is 11.8. The summed E-state index contributed by atoms with van der Waals surface area (Å²) in [5.41, 5.74) is 2.56. The van der Waals surface area contributed by atoms with Gasteiger partial charge in [-0.1, -0.05) is 24.3 Å². The van der Waals surface area contributed by atoms with Crippen LogP contribution in [0.5, 0.6) is 0 Å². The van der Waals surface area contributed by atoms with Crippen LogP contribution >= 0.6 is 11.8 Å². The van der Waals surface area contributed by atoms with Crippen molar-refractivity contribution in [3.63, 3.8) is 0 Å². The number of thioether (sulfide) groups is 1. The molecule has 0 aliphatic carbocycles. The first kappa shape index (κ1) is 24.7. The number of hydrogen-bond donors (Lipinski definition) is 0. The molecule has 2 aliphatic heterocycles. The van der Waals surface area contributed by atoms with E-state index in [0.717, 1.165) is 22.3 Å². The molecule has 2 fully saturated rings. The Kier molecular flexibility index (Phi) is 7.05. The molecule has 3 amide bonds. The van der Waals surface area contributed by atoms with E-state index < -0.39 is 17.0 Å². The predicted octanol–water partition coefficient (Wildman–Crippen LogP) is 5.16. The number of hydrogen-bond acceptors (Lipinski definition) is 5. The van der Waals surface area contributed by atoms with E-state index in [-0.39, 0.29) is 23.2 Å². The fraction of sp³-hybridized carbons (Fsp3) is 0.179. The summed E-state index contributed by atoms with van der Waals surface area (Å²) in [4.78, 5) is 43.7. The van der Waals surface area contributed by atoms with Gasteiger partial charge in [-0.05, 0) is 77.5 Å². The van der Waals surface area contributed by atoms with Gasteiger partial charge in [0, 0.05) is 37.4 Å². The number of rotatable bonds is 5. The van der Waals surface area contributed by atoms with Crippen molar-refractivity contribution in [1.82, 2.24) is 9.80 Å². The minimum atomic E-state index is -0.451. The lowest BCUT2D eigenvalue weighted by Gasteiger charge is -2.36. The quantitative estimate of drug-likeness (QED) is 0.436. The molecule has 0 atom stereocenters. The molecule has 3 aromatic rings. The molecule has 6 nitrogen and oxygen atoms in total. The van der Waals surface area contributed by atoms with E-state index in [0.29, 0.717) is 42.9 Å². The van der Waals surface area contributed by atoms with Gasteiger partial charge in [0.1, 0.15) is 11.6 Å². The minimum Gasteiger partial charge on any atom is -0.368 e. The molecule has 0 radical (unpaired) electrons. The highest BCUT2D eigenvalue weighted by Gasteiger charge is 2.35. The Bertz CT molecular complexity index is 1390. The van der Waals surface area contributed by atoms with Gasteiger partial charge in [0.05, 0.1) is 11.4 Å². The number of carbonyl (C=O) groups is 3. The molecule has 3 aromatic carbocycles. The number of carbonyl (C=O) groups excluding carboxylic acids is 3. The molecule has 0 N–H and O–H groups in total. The zero-order chi connectivity index (χ0) is 25.9. The molecule has 0 spiro atoms. The maximum atomic E-state index is 13.5. The molecule has 5 rings (SSSR count). The Hall–Kier alpha value is -3.98. The second-order valence-electron chi connectivity index (χ2n) is 8.78. The maximum absolute atomic E-state index is 13.5. The normalized spacial score (nSPS) is 17.1. The second kappa shape index (κ2) is 10.6. The van der Waals surface area contributed by atoms with Crippen molar-refractivity contribution in [2.24, 2.45) is 0 Å². The topological polar surface area (TPSA) is 60.9 Å². The van der Waals surface area contributed by atoms with Gasteiger partial charge in [-0.25, -0.2) is 8.78 Å². The Morgan fingerprint density at radius 3 is 2.32 bits per heavy atom. The van der Waals surface area contributed by atoms with Gasteiger partial charge in [0.2, 0.25) is 0 Å². The van der Waals surface area contributed by atoms with Crippen LogP contribution < -0.4 is 4.90 Å². The van der Waals surface area contributed by atoms with Crippen molar-refractivity contribution in [2.75, 3.05) is 31.1 Å². The number of anilines is 1. The highest BCUT2D eigenvalue weighted by Crippen LogP contribution is 2.33. The highest BCUT2D eigenvalue weighted by molar-refractivity contribution is 8.18. The molecule has 188 valence electrons. The summed E-state index contributed by atoms with van der Waals surface area (Å²) in [6, 6.07) is 19.0. The monoisotopic (exact) mass is 519 g/mol. The smallest absolute Gasteiger partial charge is 0.293 e. The fourth-order valence-corrected chi connectivity index (χ4v) is 5.21. The van der Waals surface area contributed by atoms with Crippen LogP contribution in [0.15, 0.2) is 77.7 Å².